The van der Waals surface area contributed by atoms with Gasteiger partial charge in [0, 0.05) is 12.8 Å². The van der Waals surface area contributed by atoms with E-state index in [0.29, 0.717) is 6.04 Å². The maximum atomic E-state index is 2.49. The minimum absolute atomic E-state index is 0.628. The van der Waals surface area contributed by atoms with Gasteiger partial charge in [0.25, 0.3) is 0 Å². The third-order valence-corrected chi connectivity index (χ3v) is 2.25. The number of hydrogen-bond acceptors (Lipinski definition) is 2. The van der Waals surface area contributed by atoms with E-state index in [2.05, 4.69) is 44.6 Å². The van der Waals surface area contributed by atoms with Crippen molar-refractivity contribution in [2.24, 2.45) is 0 Å². The minimum atomic E-state index is 0.628. The van der Waals surface area contributed by atoms with E-state index in [-0.39, 0.29) is 0 Å². The van der Waals surface area contributed by atoms with Crippen molar-refractivity contribution in [1.29, 1.82) is 0 Å². The molecule has 0 aliphatic carbocycles. The summed E-state index contributed by atoms with van der Waals surface area (Å²) in [5.74, 6) is 0. The van der Waals surface area contributed by atoms with Gasteiger partial charge in [0.15, 0.2) is 0 Å². The van der Waals surface area contributed by atoms with Crippen molar-refractivity contribution in [1.82, 2.24) is 10.0 Å². The predicted molar refractivity (Wildman–Crippen MR) is 60.0 cm³/mol. The van der Waals surface area contributed by atoms with Crippen molar-refractivity contribution in [2.45, 2.75) is 53.5 Å². The van der Waals surface area contributed by atoms with E-state index in [9.17, 15) is 0 Å². The molecule has 0 fully saturated rings. The van der Waals surface area contributed by atoms with E-state index >= 15 is 0 Å². The highest BCUT2D eigenvalue weighted by Crippen LogP contribution is 2.02. The van der Waals surface area contributed by atoms with Crippen LogP contribution in [-0.2, 0) is 0 Å². The number of rotatable bonds is 7. The Morgan fingerprint density at radius 3 is 1.69 bits per heavy atom. The van der Waals surface area contributed by atoms with Crippen LogP contribution in [0.3, 0.4) is 0 Å². The molecule has 0 aromatic carbocycles. The fourth-order valence-electron chi connectivity index (χ4n) is 1.78. The van der Waals surface area contributed by atoms with Gasteiger partial charge in [0.2, 0.25) is 0 Å². The highest BCUT2D eigenvalue weighted by Gasteiger charge is 2.24. The zero-order valence-electron chi connectivity index (χ0n) is 10.0. The Morgan fingerprint density at radius 1 is 1.00 bits per heavy atom. The Kier molecular flexibility index (Phi) is 7.29. The van der Waals surface area contributed by atoms with Gasteiger partial charge in [-0.05, 0) is 20.8 Å². The van der Waals surface area contributed by atoms with Gasteiger partial charge in [-0.2, -0.15) is 0 Å². The van der Waals surface area contributed by atoms with Crippen LogP contribution in [0.4, 0.5) is 0 Å². The van der Waals surface area contributed by atoms with E-state index in [1.54, 1.807) is 0 Å². The third kappa shape index (κ3) is 4.63. The molecule has 0 aromatic rings. The predicted octanol–water partition coefficient (Wildman–Crippen LogP) is 2.59. The highest BCUT2D eigenvalue weighted by molar-refractivity contribution is 4.64. The molecule has 0 atom stereocenters. The van der Waals surface area contributed by atoms with Gasteiger partial charge >= 0.3 is 0 Å². The van der Waals surface area contributed by atoms with Crippen LogP contribution in [0.2, 0.25) is 0 Å². The van der Waals surface area contributed by atoms with Crippen LogP contribution < -0.4 is 5.01 Å². The quantitative estimate of drug-likeness (QED) is 0.438. The van der Waals surface area contributed by atoms with Crippen LogP contribution in [0.15, 0.2) is 0 Å². The molecule has 0 rings (SSSR count). The average Bonchev–Trinajstić information content (AvgIpc) is 2.05. The van der Waals surface area contributed by atoms with Crippen molar-refractivity contribution in [3.63, 3.8) is 0 Å². The van der Waals surface area contributed by atoms with Gasteiger partial charge < -0.3 is 0 Å². The van der Waals surface area contributed by atoms with E-state index in [0.717, 1.165) is 6.54 Å². The first kappa shape index (κ1) is 12.9. The van der Waals surface area contributed by atoms with Crippen LogP contribution in [0.1, 0.15) is 47.5 Å². The lowest BCUT2D eigenvalue weighted by molar-refractivity contribution is 0.0401. The van der Waals surface area contributed by atoms with Crippen LogP contribution >= 0.6 is 0 Å². The molecule has 2 nitrogen and oxygen atoms in total. The molecule has 1 radical (unpaired) electrons. The van der Waals surface area contributed by atoms with Crippen molar-refractivity contribution in [3.05, 3.63) is 0 Å². The normalized spacial score (nSPS) is 12.0. The van der Waals surface area contributed by atoms with Crippen molar-refractivity contribution < 1.29 is 0 Å². The van der Waals surface area contributed by atoms with E-state index < -0.39 is 0 Å². The van der Waals surface area contributed by atoms with Gasteiger partial charge in [-0.1, -0.05) is 18.9 Å². The molecule has 79 valence electrons. The molecule has 0 bridgehead atoms. The summed E-state index contributed by atoms with van der Waals surface area (Å²) in [6, 6.07) is 0.628. The van der Waals surface area contributed by atoms with Gasteiger partial charge in [0.05, 0.1) is 12.6 Å². The average molecular weight is 186 g/mol. The van der Waals surface area contributed by atoms with Gasteiger partial charge in [0.1, 0.15) is 13.1 Å². The molecule has 0 saturated heterocycles. The lowest BCUT2D eigenvalue weighted by Gasteiger charge is -2.26. The molecule has 0 saturated carbocycles. The van der Waals surface area contributed by atoms with E-state index in [1.165, 1.54) is 25.9 Å². The maximum Gasteiger partial charge on any atom is 0.144 e. The number of nitrogens with zero attached hydrogens (tertiary/aromatic N) is 2. The van der Waals surface area contributed by atoms with Gasteiger partial charge in [-0.25, -0.2) is 0 Å². The molecule has 2 heteroatoms. The van der Waals surface area contributed by atoms with E-state index in [1.807, 2.05) is 0 Å². The van der Waals surface area contributed by atoms with Gasteiger partial charge in [-0.15, -0.1) is 5.01 Å². The van der Waals surface area contributed by atoms with Crippen molar-refractivity contribution in [2.75, 3.05) is 19.6 Å². The smallest absolute Gasteiger partial charge is 0.104 e. The Hall–Kier alpha value is -0.0800. The first-order chi connectivity index (χ1) is 6.17. The largest absolute Gasteiger partial charge is 0.144 e. The maximum absolute atomic E-state index is 2.49. The molecule has 0 heterocycles. The summed E-state index contributed by atoms with van der Waals surface area (Å²) in [4.78, 5) is 0. The lowest BCUT2D eigenvalue weighted by atomic mass is 10.3. The molecule has 0 aliphatic rings. The summed E-state index contributed by atoms with van der Waals surface area (Å²) >= 11 is 0. The molecule has 13 heavy (non-hydrogen) atoms. The molecular formula is C11H26N2+. The van der Waals surface area contributed by atoms with E-state index in [4.69, 9.17) is 0 Å². The first-order valence-electron chi connectivity index (χ1n) is 5.68. The Bertz CT molecular complexity index is 107. The summed E-state index contributed by atoms with van der Waals surface area (Å²) in [7, 11) is 0. The SMILES string of the molecule is CCC[N+](CCC)N(CC)C(C)C. The lowest BCUT2D eigenvalue weighted by Crippen LogP contribution is -2.51. The standard InChI is InChI=1S/C11H26N2/c1-6-9-12(10-7-2)13(8-3)11(4)5/h11H,6-10H2,1-5H3/q+1. The van der Waals surface area contributed by atoms with Crippen molar-refractivity contribution in [3.8, 4) is 0 Å². The number of hydrogen-bond donors (Lipinski definition) is 0. The second-order valence-electron chi connectivity index (χ2n) is 3.80. The number of hydrazine groups is 1. The van der Waals surface area contributed by atoms with Crippen LogP contribution in [0, 0.1) is 0 Å². The first-order valence-corrected chi connectivity index (χ1v) is 5.68. The molecule has 0 aliphatic heterocycles. The fraction of sp³-hybridized carbons (Fsp3) is 1.00. The Morgan fingerprint density at radius 2 is 1.46 bits per heavy atom. The summed E-state index contributed by atoms with van der Waals surface area (Å²) in [6.45, 7) is 14.8. The fourth-order valence-corrected chi connectivity index (χ4v) is 1.78. The highest BCUT2D eigenvalue weighted by atomic mass is 15.6. The summed E-state index contributed by atoms with van der Waals surface area (Å²) in [5, 5.41) is 4.96. The monoisotopic (exact) mass is 186 g/mol. The third-order valence-electron chi connectivity index (χ3n) is 2.25. The summed E-state index contributed by atoms with van der Waals surface area (Å²) in [6.07, 6.45) is 2.48. The Labute approximate surface area is 83.9 Å². The zero-order valence-corrected chi connectivity index (χ0v) is 10.0. The van der Waals surface area contributed by atoms with Crippen LogP contribution in [-0.4, -0.2) is 30.7 Å². The second-order valence-corrected chi connectivity index (χ2v) is 3.80. The molecule has 0 unspecified atom stereocenters. The molecule has 0 spiro atoms. The molecular weight excluding hydrogens is 160 g/mol. The molecule has 0 aromatic heterocycles. The van der Waals surface area contributed by atoms with Gasteiger partial charge in [-0.3, -0.25) is 0 Å². The molecule has 0 amide bonds. The second kappa shape index (κ2) is 7.34. The topological polar surface area (TPSA) is 9.14 Å². The zero-order chi connectivity index (χ0) is 10.3. The summed E-state index contributed by atoms with van der Waals surface area (Å²) in [5.41, 5.74) is 0. The van der Waals surface area contributed by atoms with Crippen molar-refractivity contribution >= 4 is 0 Å². The Balaban J connectivity index is 4.11. The minimum Gasteiger partial charge on any atom is -0.104 e. The molecule has 0 N–H and O–H groups in total. The van der Waals surface area contributed by atoms with Crippen LogP contribution in [0.25, 0.3) is 0 Å². The van der Waals surface area contributed by atoms with Crippen LogP contribution in [0.5, 0.6) is 0 Å². The summed E-state index contributed by atoms with van der Waals surface area (Å²) < 4.78 is 0.